The fourth-order valence-electron chi connectivity index (χ4n) is 3.77. The van der Waals surface area contributed by atoms with Crippen molar-refractivity contribution < 1.29 is 19.1 Å². The molecule has 1 aliphatic rings. The lowest BCUT2D eigenvalue weighted by Crippen LogP contribution is -2.23. The van der Waals surface area contributed by atoms with E-state index in [-0.39, 0.29) is 24.2 Å². The largest absolute Gasteiger partial charge is 0.454 e. The van der Waals surface area contributed by atoms with E-state index in [2.05, 4.69) is 10.1 Å². The number of pyridine rings is 1. The number of Topliss-reactive ketones (excluding diaryl/α,β-unsaturated/α-hetero) is 1. The minimum absolute atomic E-state index is 0.0152. The van der Waals surface area contributed by atoms with Crippen LogP contribution in [-0.2, 0) is 9.53 Å². The number of carbonyl (C=O) groups is 3. The lowest BCUT2D eigenvalue weighted by Gasteiger charge is -2.15. The van der Waals surface area contributed by atoms with E-state index in [0.717, 1.165) is 12.1 Å². The van der Waals surface area contributed by atoms with Crippen LogP contribution in [0, 0.1) is 0 Å². The first-order valence-corrected chi connectivity index (χ1v) is 10.6. The molecule has 3 heterocycles. The summed E-state index contributed by atoms with van der Waals surface area (Å²) >= 11 is 0. The summed E-state index contributed by atoms with van der Waals surface area (Å²) in [6.45, 7) is 4.21. The Bertz CT molecular complexity index is 1140. The highest BCUT2D eigenvalue weighted by molar-refractivity contribution is 6.00. The van der Waals surface area contributed by atoms with E-state index < -0.39 is 5.97 Å². The zero-order valence-electron chi connectivity index (χ0n) is 18.0. The molecule has 8 heteroatoms. The van der Waals surface area contributed by atoms with Gasteiger partial charge in [-0.3, -0.25) is 9.59 Å². The standard InChI is InChI=1S/C24H24N4O4/c1-16(2)23-19(14-26-28(23)21-6-3-4-12-25-21)24(31)32-15-20(29)17-8-10-18(11-9-17)27-13-5-7-22(27)30/h3-4,6,8-12,14,16H,5,7,13,15H2,1-2H3. The van der Waals surface area contributed by atoms with Crippen LogP contribution in [0.5, 0.6) is 0 Å². The molecule has 0 bridgehead atoms. The zero-order valence-corrected chi connectivity index (χ0v) is 18.0. The van der Waals surface area contributed by atoms with E-state index in [0.29, 0.717) is 35.6 Å². The van der Waals surface area contributed by atoms with Crippen molar-refractivity contribution in [3.63, 3.8) is 0 Å². The zero-order chi connectivity index (χ0) is 22.7. The first-order valence-electron chi connectivity index (χ1n) is 10.6. The van der Waals surface area contributed by atoms with E-state index in [9.17, 15) is 14.4 Å². The van der Waals surface area contributed by atoms with Gasteiger partial charge >= 0.3 is 5.97 Å². The van der Waals surface area contributed by atoms with E-state index in [1.54, 1.807) is 52.2 Å². The average molecular weight is 432 g/mol. The number of esters is 1. The third-order valence-electron chi connectivity index (χ3n) is 5.35. The molecule has 0 radical (unpaired) electrons. The maximum Gasteiger partial charge on any atom is 0.342 e. The number of rotatable bonds is 7. The number of ketones is 1. The maximum absolute atomic E-state index is 12.7. The first kappa shape index (κ1) is 21.4. The van der Waals surface area contributed by atoms with Gasteiger partial charge in [-0.15, -0.1) is 0 Å². The Labute approximate surface area is 185 Å². The van der Waals surface area contributed by atoms with Crippen molar-refractivity contribution in [3.05, 3.63) is 71.7 Å². The number of amides is 1. The van der Waals surface area contributed by atoms with Crippen LogP contribution in [0.4, 0.5) is 5.69 Å². The van der Waals surface area contributed by atoms with Crippen molar-refractivity contribution in [1.29, 1.82) is 0 Å². The van der Waals surface area contributed by atoms with Crippen LogP contribution >= 0.6 is 0 Å². The molecule has 164 valence electrons. The Kier molecular flexibility index (Phi) is 6.11. The summed E-state index contributed by atoms with van der Waals surface area (Å²) in [7, 11) is 0. The molecule has 0 saturated carbocycles. The molecular formula is C24H24N4O4. The third kappa shape index (κ3) is 4.30. The quantitative estimate of drug-likeness (QED) is 0.419. The van der Waals surface area contributed by atoms with Crippen molar-refractivity contribution in [2.45, 2.75) is 32.6 Å². The van der Waals surface area contributed by atoms with Gasteiger partial charge < -0.3 is 9.64 Å². The third-order valence-corrected chi connectivity index (χ3v) is 5.35. The minimum atomic E-state index is -0.608. The summed E-state index contributed by atoms with van der Waals surface area (Å²) < 4.78 is 6.92. The van der Waals surface area contributed by atoms with Crippen LogP contribution in [0.25, 0.3) is 5.82 Å². The first-order chi connectivity index (χ1) is 15.5. The van der Waals surface area contributed by atoms with Gasteiger partial charge in [0, 0.05) is 30.4 Å². The monoisotopic (exact) mass is 432 g/mol. The number of ether oxygens (including phenoxy) is 1. The molecule has 0 N–H and O–H groups in total. The highest BCUT2D eigenvalue weighted by Crippen LogP contribution is 2.24. The van der Waals surface area contributed by atoms with Crippen molar-refractivity contribution in [2.24, 2.45) is 0 Å². The van der Waals surface area contributed by atoms with Gasteiger partial charge in [0.15, 0.2) is 18.2 Å². The molecule has 1 saturated heterocycles. The highest BCUT2D eigenvalue weighted by Gasteiger charge is 2.24. The van der Waals surface area contributed by atoms with Crippen LogP contribution in [0.2, 0.25) is 0 Å². The van der Waals surface area contributed by atoms with Crippen LogP contribution in [0.1, 0.15) is 59.0 Å². The van der Waals surface area contributed by atoms with Gasteiger partial charge in [-0.2, -0.15) is 5.10 Å². The highest BCUT2D eigenvalue weighted by atomic mass is 16.5. The molecule has 32 heavy (non-hydrogen) atoms. The lowest BCUT2D eigenvalue weighted by molar-refractivity contribution is -0.117. The predicted molar refractivity (Wildman–Crippen MR) is 118 cm³/mol. The fourth-order valence-corrected chi connectivity index (χ4v) is 3.77. The lowest BCUT2D eigenvalue weighted by atomic mass is 10.1. The summed E-state index contributed by atoms with van der Waals surface area (Å²) in [5.74, 6) is -0.254. The van der Waals surface area contributed by atoms with Crippen LogP contribution in [0.15, 0.2) is 54.9 Å². The molecule has 1 aromatic carbocycles. The number of hydrogen-bond donors (Lipinski definition) is 0. The normalized spacial score (nSPS) is 13.6. The Balaban J connectivity index is 1.44. The van der Waals surface area contributed by atoms with Crippen LogP contribution < -0.4 is 4.90 Å². The predicted octanol–water partition coefficient (Wildman–Crippen LogP) is 3.56. The van der Waals surface area contributed by atoms with Gasteiger partial charge in [0.25, 0.3) is 0 Å². The summed E-state index contributed by atoms with van der Waals surface area (Å²) in [5.41, 5.74) is 2.16. The summed E-state index contributed by atoms with van der Waals surface area (Å²) in [6.07, 6.45) is 4.48. The Hall–Kier alpha value is -3.81. The summed E-state index contributed by atoms with van der Waals surface area (Å²) in [5, 5.41) is 4.30. The molecular weight excluding hydrogens is 408 g/mol. The number of carbonyl (C=O) groups excluding carboxylic acids is 3. The second-order valence-electron chi connectivity index (χ2n) is 7.89. The topological polar surface area (TPSA) is 94.4 Å². The second-order valence-corrected chi connectivity index (χ2v) is 7.89. The molecule has 2 aromatic heterocycles. The molecule has 4 rings (SSSR count). The SMILES string of the molecule is CC(C)c1c(C(=O)OCC(=O)c2ccc(N3CCCC3=O)cc2)cnn1-c1ccccn1. The number of nitrogens with zero attached hydrogens (tertiary/aromatic N) is 4. The van der Waals surface area contributed by atoms with Gasteiger partial charge in [0.2, 0.25) is 5.91 Å². The number of anilines is 1. The summed E-state index contributed by atoms with van der Waals surface area (Å²) in [4.78, 5) is 43.1. The molecule has 8 nitrogen and oxygen atoms in total. The van der Waals surface area contributed by atoms with Gasteiger partial charge in [-0.05, 0) is 48.7 Å². The molecule has 0 atom stereocenters. The smallest absolute Gasteiger partial charge is 0.342 e. The molecule has 3 aromatic rings. The van der Waals surface area contributed by atoms with Gasteiger partial charge in [-0.1, -0.05) is 19.9 Å². The van der Waals surface area contributed by atoms with Gasteiger partial charge in [-0.25, -0.2) is 14.5 Å². The molecule has 1 amide bonds. The van der Waals surface area contributed by atoms with Crippen molar-refractivity contribution in [1.82, 2.24) is 14.8 Å². The van der Waals surface area contributed by atoms with Gasteiger partial charge in [0.1, 0.15) is 5.56 Å². The number of aromatic nitrogens is 3. The molecule has 0 spiro atoms. The van der Waals surface area contributed by atoms with E-state index in [4.69, 9.17) is 4.74 Å². The summed E-state index contributed by atoms with van der Waals surface area (Å²) in [6, 6.07) is 12.2. The average Bonchev–Trinajstić information content (AvgIpc) is 3.44. The van der Waals surface area contributed by atoms with Crippen molar-refractivity contribution in [2.75, 3.05) is 18.1 Å². The Morgan fingerprint density at radius 3 is 2.53 bits per heavy atom. The van der Waals surface area contributed by atoms with Crippen LogP contribution in [-0.4, -0.2) is 45.6 Å². The number of benzene rings is 1. The van der Waals surface area contributed by atoms with E-state index in [1.165, 1.54) is 6.20 Å². The van der Waals surface area contributed by atoms with Crippen LogP contribution in [0.3, 0.4) is 0 Å². The molecule has 0 unspecified atom stereocenters. The maximum atomic E-state index is 12.7. The van der Waals surface area contributed by atoms with Crippen molar-refractivity contribution >= 4 is 23.3 Å². The molecule has 1 fully saturated rings. The van der Waals surface area contributed by atoms with Gasteiger partial charge in [0.05, 0.1) is 11.9 Å². The minimum Gasteiger partial charge on any atom is -0.454 e. The molecule has 1 aliphatic heterocycles. The number of hydrogen-bond acceptors (Lipinski definition) is 6. The Morgan fingerprint density at radius 2 is 1.91 bits per heavy atom. The second kappa shape index (κ2) is 9.13. The van der Waals surface area contributed by atoms with E-state index >= 15 is 0 Å². The fraction of sp³-hybridized carbons (Fsp3) is 0.292. The van der Waals surface area contributed by atoms with Crippen molar-refractivity contribution in [3.8, 4) is 5.82 Å². The molecule has 0 aliphatic carbocycles. The Morgan fingerprint density at radius 1 is 1.12 bits per heavy atom. The van der Waals surface area contributed by atoms with E-state index in [1.807, 2.05) is 19.9 Å².